The number of rotatable bonds is 11. The topological polar surface area (TPSA) is 50.5 Å². The van der Waals surface area contributed by atoms with Gasteiger partial charge in [-0.25, -0.2) is 4.68 Å². The van der Waals surface area contributed by atoms with E-state index in [2.05, 4.69) is 24.0 Å². The van der Waals surface area contributed by atoms with Gasteiger partial charge in [-0.05, 0) is 31.4 Å². The van der Waals surface area contributed by atoms with Crippen molar-refractivity contribution in [3.63, 3.8) is 0 Å². The monoisotopic (exact) mass is 419 g/mol. The number of para-hydroxylation sites is 1. The van der Waals surface area contributed by atoms with E-state index in [4.69, 9.17) is 9.84 Å². The number of hydrogen-bond donors (Lipinski definition) is 1. The quantitative estimate of drug-likeness (QED) is 0.452. The van der Waals surface area contributed by atoms with E-state index >= 15 is 0 Å². The molecule has 0 spiro atoms. The molecular weight excluding hydrogens is 386 g/mol. The van der Waals surface area contributed by atoms with Crippen molar-refractivity contribution < 1.29 is 9.84 Å². The summed E-state index contributed by atoms with van der Waals surface area (Å²) in [4.78, 5) is 2.42. The van der Waals surface area contributed by atoms with Crippen LogP contribution in [-0.4, -0.2) is 38.5 Å². The third-order valence-electron chi connectivity index (χ3n) is 5.85. The van der Waals surface area contributed by atoms with Crippen molar-refractivity contribution >= 4 is 0 Å². The first-order valence-electron chi connectivity index (χ1n) is 11.4. The van der Waals surface area contributed by atoms with Crippen LogP contribution < -0.4 is 4.74 Å². The standard InChI is InChI=1S/C26H33N3O2/c1-3-4-13-22(30)18-29(21-16-17-21)19-24-25(20-11-7-5-8-12-20)27-28(2)26(24)31-23-14-9-6-10-15-23/h5-12,14-15,21-22,30H,3-4,13,16-19H2,1-2H3. The number of aryl methyl sites for hydroxylation is 1. The highest BCUT2D eigenvalue weighted by Gasteiger charge is 2.32. The summed E-state index contributed by atoms with van der Waals surface area (Å²) < 4.78 is 8.16. The van der Waals surface area contributed by atoms with Gasteiger partial charge in [-0.3, -0.25) is 4.90 Å². The van der Waals surface area contributed by atoms with Crippen LogP contribution in [0.5, 0.6) is 11.6 Å². The average molecular weight is 420 g/mol. The van der Waals surface area contributed by atoms with Gasteiger partial charge in [-0.15, -0.1) is 0 Å². The Balaban J connectivity index is 1.66. The van der Waals surface area contributed by atoms with Gasteiger partial charge in [-0.1, -0.05) is 68.3 Å². The molecule has 0 aliphatic heterocycles. The Morgan fingerprint density at radius 1 is 1.10 bits per heavy atom. The van der Waals surface area contributed by atoms with E-state index in [0.717, 1.165) is 47.7 Å². The van der Waals surface area contributed by atoms with E-state index in [1.807, 2.05) is 60.3 Å². The van der Waals surface area contributed by atoms with Crippen LogP contribution in [-0.2, 0) is 13.6 Å². The zero-order valence-electron chi connectivity index (χ0n) is 18.6. The van der Waals surface area contributed by atoms with E-state index in [-0.39, 0.29) is 6.10 Å². The minimum absolute atomic E-state index is 0.295. The molecule has 164 valence electrons. The molecule has 4 rings (SSSR count). The molecule has 2 aromatic carbocycles. The summed E-state index contributed by atoms with van der Waals surface area (Å²) in [6, 6.07) is 20.7. The highest BCUT2D eigenvalue weighted by Crippen LogP contribution is 2.37. The highest BCUT2D eigenvalue weighted by atomic mass is 16.5. The smallest absolute Gasteiger partial charge is 0.222 e. The first kappa shape index (κ1) is 21.6. The van der Waals surface area contributed by atoms with E-state index in [0.29, 0.717) is 19.1 Å². The zero-order valence-corrected chi connectivity index (χ0v) is 18.6. The summed E-state index contributed by atoms with van der Waals surface area (Å²) >= 11 is 0. The predicted molar refractivity (Wildman–Crippen MR) is 124 cm³/mol. The van der Waals surface area contributed by atoms with Crippen molar-refractivity contribution in [3.05, 3.63) is 66.2 Å². The molecule has 1 heterocycles. The SMILES string of the molecule is CCCCC(O)CN(Cc1c(-c2ccccc2)nn(C)c1Oc1ccccc1)C1CC1. The summed E-state index contributed by atoms with van der Waals surface area (Å²) in [5, 5.41) is 15.4. The fourth-order valence-corrected chi connectivity index (χ4v) is 4.04. The van der Waals surface area contributed by atoms with Crippen LogP contribution in [0.4, 0.5) is 0 Å². The van der Waals surface area contributed by atoms with E-state index in [9.17, 15) is 5.11 Å². The van der Waals surface area contributed by atoms with Crippen LogP contribution in [0.1, 0.15) is 44.6 Å². The van der Waals surface area contributed by atoms with Crippen LogP contribution in [0.3, 0.4) is 0 Å². The van der Waals surface area contributed by atoms with Gasteiger partial charge in [0.25, 0.3) is 0 Å². The van der Waals surface area contributed by atoms with Crippen molar-refractivity contribution in [2.75, 3.05) is 6.54 Å². The Morgan fingerprint density at radius 2 is 1.77 bits per heavy atom. The lowest BCUT2D eigenvalue weighted by Crippen LogP contribution is -2.34. The van der Waals surface area contributed by atoms with Gasteiger partial charge in [0, 0.05) is 31.7 Å². The van der Waals surface area contributed by atoms with Gasteiger partial charge in [0.1, 0.15) is 11.4 Å². The Bertz CT molecular complexity index is 952. The molecule has 1 saturated carbocycles. The summed E-state index contributed by atoms with van der Waals surface area (Å²) in [5.41, 5.74) is 3.10. The second-order valence-corrected chi connectivity index (χ2v) is 8.49. The molecule has 1 atom stereocenters. The summed E-state index contributed by atoms with van der Waals surface area (Å²) in [5.74, 6) is 1.56. The third-order valence-corrected chi connectivity index (χ3v) is 5.85. The van der Waals surface area contributed by atoms with Crippen molar-refractivity contribution in [2.24, 2.45) is 7.05 Å². The predicted octanol–water partition coefficient (Wildman–Crippen LogP) is 5.39. The van der Waals surface area contributed by atoms with Gasteiger partial charge < -0.3 is 9.84 Å². The largest absolute Gasteiger partial charge is 0.439 e. The lowest BCUT2D eigenvalue weighted by molar-refractivity contribution is 0.0951. The molecule has 0 saturated heterocycles. The number of aliphatic hydroxyl groups is 1. The fourth-order valence-electron chi connectivity index (χ4n) is 4.04. The molecule has 5 nitrogen and oxygen atoms in total. The number of hydrogen-bond acceptors (Lipinski definition) is 4. The molecule has 1 aliphatic carbocycles. The Morgan fingerprint density at radius 3 is 2.42 bits per heavy atom. The zero-order chi connectivity index (χ0) is 21.6. The Hall–Kier alpha value is -2.63. The first-order valence-corrected chi connectivity index (χ1v) is 11.4. The second-order valence-electron chi connectivity index (χ2n) is 8.49. The van der Waals surface area contributed by atoms with E-state index in [1.165, 1.54) is 12.8 Å². The Labute approximate surface area is 185 Å². The summed E-state index contributed by atoms with van der Waals surface area (Å²) in [6.07, 6.45) is 5.11. The molecule has 1 unspecified atom stereocenters. The maximum Gasteiger partial charge on any atom is 0.222 e. The number of ether oxygens (including phenoxy) is 1. The second kappa shape index (κ2) is 10.1. The van der Waals surface area contributed by atoms with E-state index < -0.39 is 0 Å². The molecule has 0 amide bonds. The average Bonchev–Trinajstić information content (AvgIpc) is 3.60. The van der Waals surface area contributed by atoms with Crippen molar-refractivity contribution in [3.8, 4) is 22.9 Å². The molecule has 1 N–H and O–H groups in total. The Kier molecular flexibility index (Phi) is 7.05. The molecule has 1 fully saturated rings. The molecule has 1 aliphatic rings. The number of nitrogens with zero attached hydrogens (tertiary/aromatic N) is 3. The molecule has 1 aromatic heterocycles. The third kappa shape index (κ3) is 5.54. The minimum Gasteiger partial charge on any atom is -0.439 e. The maximum atomic E-state index is 10.6. The van der Waals surface area contributed by atoms with Crippen LogP contribution in [0, 0.1) is 0 Å². The van der Waals surface area contributed by atoms with E-state index in [1.54, 1.807) is 0 Å². The molecule has 3 aromatic rings. The van der Waals surface area contributed by atoms with Crippen molar-refractivity contribution in [1.29, 1.82) is 0 Å². The molecule has 0 radical (unpaired) electrons. The number of benzene rings is 2. The number of aromatic nitrogens is 2. The van der Waals surface area contributed by atoms with Crippen LogP contribution in [0.25, 0.3) is 11.3 Å². The van der Waals surface area contributed by atoms with Gasteiger partial charge in [0.15, 0.2) is 0 Å². The maximum absolute atomic E-state index is 10.6. The summed E-state index contributed by atoms with van der Waals surface area (Å²) in [6.45, 7) is 3.58. The van der Waals surface area contributed by atoms with Crippen molar-refractivity contribution in [2.45, 2.75) is 57.7 Å². The lowest BCUT2D eigenvalue weighted by atomic mass is 10.1. The van der Waals surface area contributed by atoms with Gasteiger partial charge in [0.05, 0.1) is 11.7 Å². The van der Waals surface area contributed by atoms with Crippen LogP contribution >= 0.6 is 0 Å². The van der Waals surface area contributed by atoms with Crippen LogP contribution in [0.15, 0.2) is 60.7 Å². The molecular formula is C26H33N3O2. The van der Waals surface area contributed by atoms with Gasteiger partial charge in [0.2, 0.25) is 5.88 Å². The number of aliphatic hydroxyl groups excluding tert-OH is 1. The normalized spacial score (nSPS) is 14.7. The lowest BCUT2D eigenvalue weighted by Gasteiger charge is -2.25. The molecule has 5 heteroatoms. The minimum atomic E-state index is -0.295. The highest BCUT2D eigenvalue weighted by molar-refractivity contribution is 5.65. The van der Waals surface area contributed by atoms with Crippen LogP contribution in [0.2, 0.25) is 0 Å². The fraction of sp³-hybridized carbons (Fsp3) is 0.423. The first-order chi connectivity index (χ1) is 15.2. The summed E-state index contributed by atoms with van der Waals surface area (Å²) in [7, 11) is 1.94. The number of unbranched alkanes of at least 4 members (excludes halogenated alkanes) is 1. The van der Waals surface area contributed by atoms with Gasteiger partial charge >= 0.3 is 0 Å². The molecule has 31 heavy (non-hydrogen) atoms. The van der Waals surface area contributed by atoms with Gasteiger partial charge in [-0.2, -0.15) is 5.10 Å². The van der Waals surface area contributed by atoms with Crippen molar-refractivity contribution in [1.82, 2.24) is 14.7 Å². The molecule has 0 bridgehead atoms.